The van der Waals surface area contributed by atoms with Crippen molar-refractivity contribution in [3.63, 3.8) is 0 Å². The molecule has 7 nitrogen and oxygen atoms in total. The van der Waals surface area contributed by atoms with Crippen molar-refractivity contribution in [2.45, 2.75) is 52.0 Å². The van der Waals surface area contributed by atoms with Crippen LogP contribution in [-0.4, -0.2) is 27.1 Å². The molecule has 0 atom stereocenters. The molecule has 2 aromatic rings. The molecule has 27 heavy (non-hydrogen) atoms. The first-order valence-corrected chi connectivity index (χ1v) is 9.87. The number of rotatable bonds is 6. The number of carbonyl (C=O) groups is 1. The van der Waals surface area contributed by atoms with Gasteiger partial charge in [0, 0.05) is 18.5 Å². The van der Waals surface area contributed by atoms with Crippen LogP contribution in [0.5, 0.6) is 0 Å². The van der Waals surface area contributed by atoms with Crippen LogP contribution in [0, 0.1) is 0 Å². The number of ketones is 1. The van der Waals surface area contributed by atoms with Crippen molar-refractivity contribution in [1.82, 2.24) is 10.2 Å². The zero-order valence-corrected chi connectivity index (χ0v) is 16.3. The smallest absolute Gasteiger partial charge is 0.206 e. The van der Waals surface area contributed by atoms with E-state index in [-0.39, 0.29) is 17.2 Å². The van der Waals surface area contributed by atoms with Crippen molar-refractivity contribution in [2.75, 3.05) is 5.32 Å². The molecule has 0 bridgehead atoms. The van der Waals surface area contributed by atoms with Gasteiger partial charge in [-0.3, -0.25) is 4.79 Å². The number of anilines is 1. The number of nitrogens with zero attached hydrogens (tertiary/aromatic N) is 4. The van der Waals surface area contributed by atoms with E-state index >= 15 is 0 Å². The largest absolute Gasteiger partial charge is 0.510 e. The Morgan fingerprint density at radius 3 is 2.48 bits per heavy atom. The van der Waals surface area contributed by atoms with E-state index in [0.717, 1.165) is 15.7 Å². The molecule has 1 saturated carbocycles. The fourth-order valence-electron chi connectivity index (χ4n) is 3.00. The van der Waals surface area contributed by atoms with E-state index in [0.29, 0.717) is 11.7 Å². The second-order valence-corrected chi connectivity index (χ2v) is 7.61. The fraction of sp³-hybridized carbons (Fsp3) is 0.421. The lowest BCUT2D eigenvalue weighted by atomic mass is 9.96. The lowest BCUT2D eigenvalue weighted by Gasteiger charge is -2.21. The third-order valence-corrected chi connectivity index (χ3v) is 5.32. The van der Waals surface area contributed by atoms with E-state index in [9.17, 15) is 9.90 Å². The minimum Gasteiger partial charge on any atom is -0.510 e. The van der Waals surface area contributed by atoms with Crippen LogP contribution in [-0.2, 0) is 4.79 Å². The van der Waals surface area contributed by atoms with E-state index < -0.39 is 0 Å². The number of nitrogens with one attached hydrogen (secondary N) is 1. The van der Waals surface area contributed by atoms with Gasteiger partial charge in [-0.15, -0.1) is 15.3 Å². The monoisotopic (exact) mass is 385 g/mol. The minimum atomic E-state index is -0.331. The van der Waals surface area contributed by atoms with Crippen LogP contribution >= 0.6 is 11.3 Å². The average Bonchev–Trinajstić information content (AvgIpc) is 3.11. The lowest BCUT2D eigenvalue weighted by Crippen LogP contribution is -2.21. The molecule has 2 N–H and O–H groups in total. The van der Waals surface area contributed by atoms with Crippen LogP contribution in [0.25, 0.3) is 10.6 Å². The number of hydrogen-bond acceptors (Lipinski definition) is 8. The molecule has 1 aromatic heterocycles. The summed E-state index contributed by atoms with van der Waals surface area (Å²) in [6.07, 6.45) is 6.26. The number of aliphatic hydroxyl groups excluding tert-OH is 1. The number of azo groups is 1. The van der Waals surface area contributed by atoms with Gasteiger partial charge in [0.1, 0.15) is 10.8 Å². The van der Waals surface area contributed by atoms with Crippen molar-refractivity contribution >= 4 is 27.9 Å². The molecule has 0 unspecified atom stereocenters. The van der Waals surface area contributed by atoms with Gasteiger partial charge in [0.25, 0.3) is 0 Å². The van der Waals surface area contributed by atoms with Crippen molar-refractivity contribution in [3.05, 3.63) is 35.7 Å². The van der Waals surface area contributed by atoms with E-state index in [1.165, 1.54) is 57.3 Å². The highest BCUT2D eigenvalue weighted by molar-refractivity contribution is 7.18. The summed E-state index contributed by atoms with van der Waals surface area (Å²) < 4.78 is 0. The van der Waals surface area contributed by atoms with Gasteiger partial charge in [0.2, 0.25) is 5.13 Å². The molecule has 1 heterocycles. The third-order valence-electron chi connectivity index (χ3n) is 4.41. The summed E-state index contributed by atoms with van der Waals surface area (Å²) in [7, 11) is 0. The second-order valence-electron chi connectivity index (χ2n) is 6.63. The van der Waals surface area contributed by atoms with Crippen LogP contribution in [0.4, 0.5) is 10.8 Å². The molecule has 0 saturated heterocycles. The second kappa shape index (κ2) is 8.85. The first-order valence-electron chi connectivity index (χ1n) is 9.06. The predicted octanol–water partition coefficient (Wildman–Crippen LogP) is 5.41. The highest BCUT2D eigenvalue weighted by Gasteiger charge is 2.15. The average molecular weight is 385 g/mol. The van der Waals surface area contributed by atoms with Crippen LogP contribution in [0.2, 0.25) is 0 Å². The topological polar surface area (TPSA) is 99.8 Å². The molecule has 0 radical (unpaired) electrons. The van der Waals surface area contributed by atoms with Crippen molar-refractivity contribution in [1.29, 1.82) is 0 Å². The Balaban J connectivity index is 1.67. The fourth-order valence-corrected chi connectivity index (χ4v) is 3.82. The highest BCUT2D eigenvalue weighted by Crippen LogP contribution is 2.30. The summed E-state index contributed by atoms with van der Waals surface area (Å²) in [6.45, 7) is 2.75. The molecule has 1 fully saturated rings. The molecular formula is C19H23N5O2S. The predicted molar refractivity (Wildman–Crippen MR) is 106 cm³/mol. The van der Waals surface area contributed by atoms with Crippen LogP contribution < -0.4 is 5.32 Å². The molecule has 0 spiro atoms. The molecule has 0 amide bonds. The normalized spacial score (nSPS) is 16.4. The van der Waals surface area contributed by atoms with Gasteiger partial charge >= 0.3 is 0 Å². The van der Waals surface area contributed by atoms with Crippen molar-refractivity contribution in [3.8, 4) is 10.6 Å². The molecule has 8 heteroatoms. The number of carbonyl (C=O) groups excluding carboxylic acids is 1. The zero-order valence-electron chi connectivity index (χ0n) is 15.5. The van der Waals surface area contributed by atoms with Crippen LogP contribution in [0.3, 0.4) is 0 Å². The Hall–Kier alpha value is -2.61. The highest BCUT2D eigenvalue weighted by atomic mass is 32.1. The van der Waals surface area contributed by atoms with E-state index in [4.69, 9.17) is 0 Å². The van der Waals surface area contributed by atoms with Crippen LogP contribution in [0.15, 0.2) is 46.0 Å². The van der Waals surface area contributed by atoms with E-state index in [2.05, 4.69) is 25.7 Å². The van der Waals surface area contributed by atoms with Gasteiger partial charge in [0.05, 0.1) is 5.69 Å². The third kappa shape index (κ3) is 5.19. The molecule has 142 valence electrons. The SMILES string of the molecule is CC(=O)/C(N=Nc1ccc(-c2nnc(NC3CCCCC3)s2)cc1)=C(\C)O. The van der Waals surface area contributed by atoms with Gasteiger partial charge in [-0.05, 0) is 44.0 Å². The number of aliphatic hydroxyl groups is 1. The maximum absolute atomic E-state index is 11.4. The molecule has 1 aliphatic rings. The molecule has 1 aromatic carbocycles. The van der Waals surface area contributed by atoms with Crippen LogP contribution in [0.1, 0.15) is 46.0 Å². The van der Waals surface area contributed by atoms with Gasteiger partial charge < -0.3 is 10.4 Å². The molecular weight excluding hydrogens is 362 g/mol. The molecule has 3 rings (SSSR count). The number of benzene rings is 1. The van der Waals surface area contributed by atoms with E-state index in [1.807, 2.05) is 12.1 Å². The van der Waals surface area contributed by atoms with Gasteiger partial charge in [-0.2, -0.15) is 5.11 Å². The Bertz CT molecular complexity index is 847. The lowest BCUT2D eigenvalue weighted by molar-refractivity contribution is -0.113. The summed E-state index contributed by atoms with van der Waals surface area (Å²) in [5.41, 5.74) is 1.49. The summed E-state index contributed by atoms with van der Waals surface area (Å²) in [5.74, 6) is -0.475. The Morgan fingerprint density at radius 1 is 1.15 bits per heavy atom. The number of Topliss-reactive ketones (excluding diaryl/α,β-unsaturated/α-hetero) is 1. The summed E-state index contributed by atoms with van der Waals surface area (Å²) >= 11 is 1.54. The number of aromatic nitrogens is 2. The summed E-state index contributed by atoms with van der Waals surface area (Å²) in [4.78, 5) is 11.4. The summed E-state index contributed by atoms with van der Waals surface area (Å²) in [5, 5.41) is 31.0. The number of allylic oxidation sites excluding steroid dienone is 2. The first kappa shape index (κ1) is 19.2. The Labute approximate surface area is 162 Å². The quantitative estimate of drug-likeness (QED) is 0.393. The maximum Gasteiger partial charge on any atom is 0.206 e. The minimum absolute atomic E-state index is 0.0402. The van der Waals surface area contributed by atoms with Crippen molar-refractivity contribution in [2.24, 2.45) is 10.2 Å². The number of hydrogen-bond donors (Lipinski definition) is 2. The van der Waals surface area contributed by atoms with Gasteiger partial charge in [-0.1, -0.05) is 30.6 Å². The Morgan fingerprint density at radius 2 is 1.85 bits per heavy atom. The van der Waals surface area contributed by atoms with E-state index in [1.54, 1.807) is 12.1 Å². The summed E-state index contributed by atoms with van der Waals surface area (Å²) in [6, 6.07) is 7.86. The van der Waals surface area contributed by atoms with Crippen molar-refractivity contribution < 1.29 is 9.90 Å². The first-order chi connectivity index (χ1) is 13.0. The van der Waals surface area contributed by atoms with Gasteiger partial charge in [0.15, 0.2) is 11.5 Å². The zero-order chi connectivity index (χ0) is 19.2. The standard InChI is InChI=1S/C19H23N5O2S/c1-12(25)17(13(2)26)22-21-16-10-8-14(9-11-16)18-23-24-19(27-18)20-15-6-4-3-5-7-15/h8-11,15,25H,3-7H2,1-2H3,(H,20,24)/b17-12-,22-21?. The maximum atomic E-state index is 11.4. The molecule has 1 aliphatic carbocycles. The Kier molecular flexibility index (Phi) is 6.28. The molecule has 0 aliphatic heterocycles. The van der Waals surface area contributed by atoms with Gasteiger partial charge in [-0.25, -0.2) is 0 Å².